The minimum Gasteiger partial charge on any atom is -0.453 e. The van der Waals surface area contributed by atoms with Crippen molar-refractivity contribution >= 4 is 5.91 Å². The molecule has 0 N–H and O–H groups in total. The predicted octanol–water partition coefficient (Wildman–Crippen LogP) is 4.19. The number of carbonyl (C=O) groups is 1. The van der Waals surface area contributed by atoms with Crippen LogP contribution in [0.5, 0.6) is 0 Å². The Balaban J connectivity index is 1.57. The summed E-state index contributed by atoms with van der Waals surface area (Å²) in [7, 11) is 1.57. The highest BCUT2D eigenvalue weighted by Gasteiger charge is 2.26. The molecule has 140 valence electrons. The lowest BCUT2D eigenvalue weighted by atomic mass is 9.91. The molecule has 4 nitrogen and oxygen atoms in total. The molecule has 26 heavy (non-hydrogen) atoms. The minimum atomic E-state index is -0.563. The number of ether oxygens (including phenoxy) is 1. The van der Waals surface area contributed by atoms with Crippen molar-refractivity contribution in [1.82, 2.24) is 4.90 Å². The summed E-state index contributed by atoms with van der Waals surface area (Å²) in [5.41, 5.74) is 0.519. The first-order valence-corrected chi connectivity index (χ1v) is 8.87. The molecule has 1 amide bonds. The maximum Gasteiger partial charge on any atom is 0.289 e. The maximum absolute atomic E-state index is 13.8. The Morgan fingerprint density at radius 3 is 2.92 bits per heavy atom. The zero-order valence-electron chi connectivity index (χ0n) is 14.8. The van der Waals surface area contributed by atoms with Crippen LogP contribution in [0.25, 0.3) is 0 Å². The molecule has 0 spiro atoms. The predicted molar refractivity (Wildman–Crippen MR) is 92.7 cm³/mol. The van der Waals surface area contributed by atoms with Crippen LogP contribution in [0.2, 0.25) is 0 Å². The van der Waals surface area contributed by atoms with E-state index in [0.29, 0.717) is 49.1 Å². The van der Waals surface area contributed by atoms with E-state index in [9.17, 15) is 13.6 Å². The van der Waals surface area contributed by atoms with Crippen LogP contribution in [0.4, 0.5) is 8.78 Å². The SMILES string of the molecule is COCc1ccc(C(=O)N2CCC[C@@H](CCc3ccc(F)cc3F)C2)o1. The van der Waals surface area contributed by atoms with E-state index in [0.717, 1.165) is 25.3 Å². The van der Waals surface area contributed by atoms with Gasteiger partial charge in [-0.3, -0.25) is 4.79 Å². The fourth-order valence-electron chi connectivity index (χ4n) is 3.44. The number of carbonyl (C=O) groups excluding carboxylic acids is 1. The van der Waals surface area contributed by atoms with Gasteiger partial charge in [0.05, 0.1) is 0 Å². The number of hydrogen-bond acceptors (Lipinski definition) is 3. The highest BCUT2D eigenvalue weighted by molar-refractivity contribution is 5.91. The molecule has 3 rings (SSSR count). The Morgan fingerprint density at radius 1 is 1.31 bits per heavy atom. The molecule has 0 bridgehead atoms. The number of piperidine rings is 1. The molecule has 1 fully saturated rings. The number of aryl methyl sites for hydroxylation is 1. The highest BCUT2D eigenvalue weighted by atomic mass is 19.1. The largest absolute Gasteiger partial charge is 0.453 e. The minimum absolute atomic E-state index is 0.120. The molecular weight excluding hydrogens is 340 g/mol. The van der Waals surface area contributed by atoms with Crippen LogP contribution < -0.4 is 0 Å². The van der Waals surface area contributed by atoms with Crippen molar-refractivity contribution in [1.29, 1.82) is 0 Å². The zero-order chi connectivity index (χ0) is 18.5. The van der Waals surface area contributed by atoms with E-state index >= 15 is 0 Å². The Morgan fingerprint density at radius 2 is 2.15 bits per heavy atom. The lowest BCUT2D eigenvalue weighted by molar-refractivity contribution is 0.0629. The molecule has 0 saturated carbocycles. The Kier molecular flexibility index (Phi) is 6.04. The van der Waals surface area contributed by atoms with Crippen LogP contribution in [0.15, 0.2) is 34.7 Å². The van der Waals surface area contributed by atoms with Crippen LogP contribution in [0, 0.1) is 17.6 Å². The number of likely N-dealkylation sites (tertiary alicyclic amines) is 1. The molecule has 1 aromatic heterocycles. The van der Waals surface area contributed by atoms with Gasteiger partial charge in [0.1, 0.15) is 24.0 Å². The lowest BCUT2D eigenvalue weighted by Gasteiger charge is -2.32. The first kappa shape index (κ1) is 18.6. The van der Waals surface area contributed by atoms with E-state index < -0.39 is 11.6 Å². The molecule has 6 heteroatoms. The molecule has 1 aliphatic heterocycles. The second-order valence-electron chi connectivity index (χ2n) is 6.73. The quantitative estimate of drug-likeness (QED) is 0.773. The summed E-state index contributed by atoms with van der Waals surface area (Å²) in [5.74, 6) is 0.0519. The average molecular weight is 363 g/mol. The van der Waals surface area contributed by atoms with Gasteiger partial charge in [0, 0.05) is 26.3 Å². The third kappa shape index (κ3) is 4.49. The van der Waals surface area contributed by atoms with Crippen molar-refractivity contribution in [2.45, 2.75) is 32.3 Å². The zero-order valence-corrected chi connectivity index (χ0v) is 14.8. The normalized spacial score (nSPS) is 17.5. The number of hydrogen-bond donors (Lipinski definition) is 0. The number of furan rings is 1. The summed E-state index contributed by atoms with van der Waals surface area (Å²) in [6.45, 7) is 1.65. The summed E-state index contributed by atoms with van der Waals surface area (Å²) in [6, 6.07) is 7.12. The Labute approximate surface area is 151 Å². The molecule has 2 aromatic rings. The lowest BCUT2D eigenvalue weighted by Crippen LogP contribution is -2.39. The number of rotatable bonds is 6. The van der Waals surface area contributed by atoms with Crippen molar-refractivity contribution in [3.8, 4) is 0 Å². The van der Waals surface area contributed by atoms with Crippen LogP contribution in [0.1, 0.15) is 41.1 Å². The topological polar surface area (TPSA) is 42.7 Å². The fourth-order valence-corrected chi connectivity index (χ4v) is 3.44. The van der Waals surface area contributed by atoms with Gasteiger partial charge in [-0.15, -0.1) is 0 Å². The van der Waals surface area contributed by atoms with Gasteiger partial charge in [0.2, 0.25) is 0 Å². The molecule has 0 aliphatic carbocycles. The second-order valence-corrected chi connectivity index (χ2v) is 6.73. The Hall–Kier alpha value is -2.21. The van der Waals surface area contributed by atoms with Gasteiger partial charge in [0.25, 0.3) is 5.91 Å². The highest BCUT2D eigenvalue weighted by Crippen LogP contribution is 2.24. The van der Waals surface area contributed by atoms with Crippen molar-refractivity contribution in [3.05, 3.63) is 59.1 Å². The monoisotopic (exact) mass is 363 g/mol. The molecule has 2 heterocycles. The molecule has 1 aliphatic rings. The molecule has 1 atom stereocenters. The van der Waals surface area contributed by atoms with Gasteiger partial charge in [-0.05, 0) is 55.4 Å². The molecule has 0 radical (unpaired) electrons. The number of halogens is 2. The smallest absolute Gasteiger partial charge is 0.289 e. The standard InChI is InChI=1S/C20H23F2NO3/c1-25-13-17-8-9-19(26-17)20(24)23-10-2-3-14(12-23)4-5-15-6-7-16(21)11-18(15)22/h6-9,11,14H,2-5,10,12-13H2,1H3/t14-/m0/s1. The number of nitrogens with zero attached hydrogens (tertiary/aromatic N) is 1. The van der Waals surface area contributed by atoms with Crippen LogP contribution in [-0.2, 0) is 17.8 Å². The molecular formula is C20H23F2NO3. The third-order valence-corrected chi connectivity index (χ3v) is 4.80. The van der Waals surface area contributed by atoms with Gasteiger partial charge in [0.15, 0.2) is 5.76 Å². The van der Waals surface area contributed by atoms with E-state index in [2.05, 4.69) is 0 Å². The third-order valence-electron chi connectivity index (χ3n) is 4.80. The van der Waals surface area contributed by atoms with Gasteiger partial charge in [-0.25, -0.2) is 8.78 Å². The summed E-state index contributed by atoms with van der Waals surface area (Å²) < 4.78 is 37.3. The van der Waals surface area contributed by atoms with E-state index in [-0.39, 0.29) is 5.91 Å². The second kappa shape index (κ2) is 8.45. The summed E-state index contributed by atoms with van der Waals surface area (Å²) >= 11 is 0. The summed E-state index contributed by atoms with van der Waals surface area (Å²) in [5, 5.41) is 0. The number of amides is 1. The Bertz CT molecular complexity index is 759. The first-order valence-electron chi connectivity index (χ1n) is 8.87. The van der Waals surface area contributed by atoms with Crippen molar-refractivity contribution < 1.29 is 22.7 Å². The van der Waals surface area contributed by atoms with Crippen molar-refractivity contribution in [3.63, 3.8) is 0 Å². The number of methoxy groups -OCH3 is 1. The van der Waals surface area contributed by atoms with Crippen LogP contribution in [0.3, 0.4) is 0 Å². The van der Waals surface area contributed by atoms with Crippen molar-refractivity contribution in [2.75, 3.05) is 20.2 Å². The van der Waals surface area contributed by atoms with Crippen LogP contribution >= 0.6 is 0 Å². The van der Waals surface area contributed by atoms with Crippen LogP contribution in [-0.4, -0.2) is 31.0 Å². The molecule has 1 saturated heterocycles. The van der Waals surface area contributed by atoms with Gasteiger partial charge in [-0.1, -0.05) is 6.07 Å². The van der Waals surface area contributed by atoms with E-state index in [4.69, 9.17) is 9.15 Å². The van der Waals surface area contributed by atoms with Gasteiger partial charge < -0.3 is 14.1 Å². The summed E-state index contributed by atoms with van der Waals surface area (Å²) in [4.78, 5) is 14.4. The van der Waals surface area contributed by atoms with E-state index in [1.165, 1.54) is 12.1 Å². The fraction of sp³-hybridized carbons (Fsp3) is 0.450. The summed E-state index contributed by atoms with van der Waals surface area (Å²) in [6.07, 6.45) is 3.21. The van der Waals surface area contributed by atoms with Gasteiger partial charge >= 0.3 is 0 Å². The maximum atomic E-state index is 13.8. The first-order chi connectivity index (χ1) is 12.6. The van der Waals surface area contributed by atoms with Crippen molar-refractivity contribution in [2.24, 2.45) is 5.92 Å². The van der Waals surface area contributed by atoms with E-state index in [1.54, 1.807) is 24.1 Å². The molecule has 1 aromatic carbocycles. The average Bonchev–Trinajstić information content (AvgIpc) is 3.09. The van der Waals surface area contributed by atoms with Gasteiger partial charge in [-0.2, -0.15) is 0 Å². The molecule has 0 unspecified atom stereocenters. The number of benzene rings is 1. The van der Waals surface area contributed by atoms with E-state index in [1.807, 2.05) is 0 Å².